The number of phosphoric ester groups is 2. The van der Waals surface area contributed by atoms with Gasteiger partial charge in [-0.1, -0.05) is 291 Å². The SMILES string of the molecule is CCCCCCCCCCCCCCC(=O)OC[C@H](COP(=O)(O)OC[C@@H](O)COP(=O)(O)OC[C@@H](COC(=O)CCCCCCCCC)OC(=O)CCCCCCCCCCCC)OC(=O)CCCCCCCCCCCCCCCCC(C)C. The van der Waals surface area contributed by atoms with Gasteiger partial charge in [-0.25, -0.2) is 9.13 Å². The maximum atomic E-state index is 13.0. The van der Waals surface area contributed by atoms with Crippen molar-refractivity contribution in [2.45, 2.75) is 361 Å². The van der Waals surface area contributed by atoms with Crippen molar-refractivity contribution in [2.24, 2.45) is 5.92 Å². The lowest BCUT2D eigenvalue weighted by Gasteiger charge is -2.21. The first kappa shape index (κ1) is 84.1. The van der Waals surface area contributed by atoms with Gasteiger partial charge in [-0.2, -0.15) is 0 Å². The highest BCUT2D eigenvalue weighted by Gasteiger charge is 2.30. The Morgan fingerprint density at radius 1 is 0.314 bits per heavy atom. The quantitative estimate of drug-likeness (QED) is 0.0222. The van der Waals surface area contributed by atoms with Gasteiger partial charge in [0.2, 0.25) is 0 Å². The van der Waals surface area contributed by atoms with Gasteiger partial charge in [0.1, 0.15) is 19.3 Å². The highest BCUT2D eigenvalue weighted by Crippen LogP contribution is 2.45. The molecule has 0 fully saturated rings. The Balaban J connectivity index is 5.19. The van der Waals surface area contributed by atoms with E-state index in [4.69, 9.17) is 37.0 Å². The van der Waals surface area contributed by atoms with Gasteiger partial charge in [-0.3, -0.25) is 37.3 Å². The van der Waals surface area contributed by atoms with E-state index in [2.05, 4.69) is 34.6 Å². The van der Waals surface area contributed by atoms with Crippen LogP contribution >= 0.6 is 15.6 Å². The van der Waals surface area contributed by atoms with Crippen molar-refractivity contribution in [3.05, 3.63) is 0 Å². The van der Waals surface area contributed by atoms with E-state index in [1.165, 1.54) is 154 Å². The van der Waals surface area contributed by atoms with Gasteiger partial charge in [0.15, 0.2) is 12.2 Å². The van der Waals surface area contributed by atoms with Crippen molar-refractivity contribution >= 4 is 39.5 Å². The fourth-order valence-electron chi connectivity index (χ4n) is 10.1. The molecule has 0 spiro atoms. The zero-order valence-electron chi connectivity index (χ0n) is 55.4. The molecular formula is C67H130O17P2. The van der Waals surface area contributed by atoms with Crippen LogP contribution in [0.25, 0.3) is 0 Å². The van der Waals surface area contributed by atoms with Crippen LogP contribution in [0.2, 0.25) is 0 Å². The fraction of sp³-hybridized carbons (Fsp3) is 0.940. The van der Waals surface area contributed by atoms with Crippen LogP contribution in [-0.2, 0) is 65.4 Å². The van der Waals surface area contributed by atoms with Crippen LogP contribution in [0.1, 0.15) is 343 Å². The van der Waals surface area contributed by atoms with Gasteiger partial charge >= 0.3 is 39.5 Å². The van der Waals surface area contributed by atoms with E-state index in [0.29, 0.717) is 25.7 Å². The summed E-state index contributed by atoms with van der Waals surface area (Å²) in [6, 6.07) is 0. The number of esters is 4. The second-order valence-electron chi connectivity index (χ2n) is 24.7. The molecule has 3 N–H and O–H groups in total. The molecule has 5 atom stereocenters. The number of ether oxygens (including phenoxy) is 4. The first-order valence-electron chi connectivity index (χ1n) is 35.1. The summed E-state index contributed by atoms with van der Waals surface area (Å²) in [4.78, 5) is 72.2. The Bertz CT molecular complexity index is 1670. The van der Waals surface area contributed by atoms with Gasteiger partial charge in [0.05, 0.1) is 26.4 Å². The number of unbranched alkanes of at least 4 members (excludes halogenated alkanes) is 39. The highest BCUT2D eigenvalue weighted by atomic mass is 31.2. The Morgan fingerprint density at radius 3 is 0.791 bits per heavy atom. The summed E-state index contributed by atoms with van der Waals surface area (Å²) in [5.74, 6) is -1.34. The minimum Gasteiger partial charge on any atom is -0.462 e. The van der Waals surface area contributed by atoms with Crippen molar-refractivity contribution in [1.82, 2.24) is 0 Å². The molecule has 0 rings (SSSR count). The van der Waals surface area contributed by atoms with E-state index in [1.807, 2.05) is 0 Å². The minimum atomic E-state index is -4.95. The highest BCUT2D eigenvalue weighted by molar-refractivity contribution is 7.47. The lowest BCUT2D eigenvalue weighted by molar-refractivity contribution is -0.161. The van der Waals surface area contributed by atoms with Crippen LogP contribution in [-0.4, -0.2) is 96.7 Å². The van der Waals surface area contributed by atoms with E-state index in [1.54, 1.807) is 0 Å². The summed E-state index contributed by atoms with van der Waals surface area (Å²) in [6.07, 6.45) is 45.8. The molecule has 0 aromatic heterocycles. The number of phosphoric acid groups is 2. The Hall–Kier alpha value is -1.94. The molecule has 0 aromatic rings. The van der Waals surface area contributed by atoms with Crippen molar-refractivity contribution < 1.29 is 80.2 Å². The van der Waals surface area contributed by atoms with Crippen molar-refractivity contribution in [3.63, 3.8) is 0 Å². The number of carbonyl (C=O) groups excluding carboxylic acids is 4. The van der Waals surface area contributed by atoms with Gasteiger partial charge in [-0.15, -0.1) is 0 Å². The lowest BCUT2D eigenvalue weighted by Crippen LogP contribution is -2.30. The largest absolute Gasteiger partial charge is 0.472 e. The summed E-state index contributed by atoms with van der Waals surface area (Å²) in [5, 5.41) is 10.5. The van der Waals surface area contributed by atoms with Crippen LogP contribution in [0.15, 0.2) is 0 Å². The topological polar surface area (TPSA) is 237 Å². The molecule has 0 aliphatic heterocycles. The summed E-state index contributed by atoms with van der Waals surface area (Å²) in [7, 11) is -9.89. The van der Waals surface area contributed by atoms with E-state index in [9.17, 15) is 43.2 Å². The molecule has 19 heteroatoms. The van der Waals surface area contributed by atoms with Gasteiger partial charge in [0.25, 0.3) is 0 Å². The van der Waals surface area contributed by atoms with Crippen LogP contribution in [0.5, 0.6) is 0 Å². The molecule has 0 amide bonds. The Labute approximate surface area is 524 Å². The average molecular weight is 1270 g/mol. The smallest absolute Gasteiger partial charge is 0.462 e. The maximum absolute atomic E-state index is 13.0. The molecule has 0 radical (unpaired) electrons. The number of aliphatic hydroxyl groups is 1. The van der Waals surface area contributed by atoms with Crippen LogP contribution in [0.4, 0.5) is 0 Å². The Morgan fingerprint density at radius 2 is 0.535 bits per heavy atom. The first-order chi connectivity index (χ1) is 41.5. The summed E-state index contributed by atoms with van der Waals surface area (Å²) >= 11 is 0. The maximum Gasteiger partial charge on any atom is 0.472 e. The second kappa shape index (κ2) is 60.6. The molecule has 86 heavy (non-hydrogen) atoms. The van der Waals surface area contributed by atoms with E-state index in [0.717, 1.165) is 109 Å². The predicted molar refractivity (Wildman–Crippen MR) is 345 cm³/mol. The third-order valence-corrected chi connectivity index (χ3v) is 17.4. The third kappa shape index (κ3) is 60.9. The second-order valence-corrected chi connectivity index (χ2v) is 27.6. The summed E-state index contributed by atoms with van der Waals surface area (Å²) in [5.41, 5.74) is 0. The predicted octanol–water partition coefficient (Wildman–Crippen LogP) is 19.0. The summed E-state index contributed by atoms with van der Waals surface area (Å²) < 4.78 is 68.0. The molecule has 0 aliphatic rings. The van der Waals surface area contributed by atoms with E-state index < -0.39 is 97.5 Å². The molecular weight excluding hydrogens is 1140 g/mol. The monoisotopic (exact) mass is 1270 g/mol. The zero-order chi connectivity index (χ0) is 63.5. The number of hydrogen-bond donors (Lipinski definition) is 3. The molecule has 0 aromatic carbocycles. The van der Waals surface area contributed by atoms with Crippen molar-refractivity contribution in [2.75, 3.05) is 39.6 Å². The molecule has 510 valence electrons. The van der Waals surface area contributed by atoms with E-state index >= 15 is 0 Å². The molecule has 2 unspecified atom stereocenters. The molecule has 0 heterocycles. The number of aliphatic hydroxyl groups excluding tert-OH is 1. The molecule has 0 bridgehead atoms. The normalized spacial score (nSPS) is 14.2. The molecule has 0 saturated carbocycles. The average Bonchev–Trinajstić information content (AvgIpc) is 3.57. The lowest BCUT2D eigenvalue weighted by atomic mass is 10.0. The zero-order valence-corrected chi connectivity index (χ0v) is 57.2. The van der Waals surface area contributed by atoms with Gasteiger partial charge in [-0.05, 0) is 31.6 Å². The molecule has 0 saturated heterocycles. The number of carbonyl (C=O) groups is 4. The minimum absolute atomic E-state index is 0.106. The van der Waals surface area contributed by atoms with Crippen LogP contribution < -0.4 is 0 Å². The standard InChI is InChI=1S/C67H130O17P2/c1-6-9-12-15-18-20-22-28-32-36-41-46-51-65(70)78-57-63(84-67(72)53-48-43-38-33-29-26-24-23-25-27-30-35-39-44-49-60(4)5)59-82-86(75,76)80-55-61(68)54-79-85(73,74)81-58-62(56-77-64(69)50-45-40-34-17-14-11-8-3)83-66(71)52-47-42-37-31-21-19-16-13-10-7-2/h60-63,68H,6-59H2,1-5H3,(H,73,74)(H,75,76)/t61-,62+,63+/m0/s1. The fourth-order valence-corrected chi connectivity index (χ4v) is 11.7. The first-order valence-corrected chi connectivity index (χ1v) is 38.1. The summed E-state index contributed by atoms with van der Waals surface area (Å²) in [6.45, 7) is 7.20. The number of rotatable bonds is 67. The van der Waals surface area contributed by atoms with Gasteiger partial charge in [0, 0.05) is 25.7 Å². The molecule has 0 aliphatic carbocycles. The van der Waals surface area contributed by atoms with E-state index in [-0.39, 0.29) is 25.7 Å². The third-order valence-electron chi connectivity index (χ3n) is 15.5. The van der Waals surface area contributed by atoms with Crippen molar-refractivity contribution in [3.8, 4) is 0 Å². The van der Waals surface area contributed by atoms with Gasteiger partial charge < -0.3 is 33.8 Å². The van der Waals surface area contributed by atoms with Crippen LogP contribution in [0.3, 0.4) is 0 Å². The Kier molecular flexibility index (Phi) is 59.2. The van der Waals surface area contributed by atoms with Crippen LogP contribution in [0, 0.1) is 5.92 Å². The van der Waals surface area contributed by atoms with Crippen molar-refractivity contribution in [1.29, 1.82) is 0 Å². The number of hydrogen-bond acceptors (Lipinski definition) is 15. The molecule has 17 nitrogen and oxygen atoms in total.